The molecule has 1 aromatic rings. The molecule has 0 saturated heterocycles. The predicted octanol–water partition coefficient (Wildman–Crippen LogP) is 4.37. The molecule has 0 bridgehead atoms. The first-order valence-corrected chi connectivity index (χ1v) is 7.87. The maximum absolute atomic E-state index is 13.3. The first-order valence-electron chi connectivity index (χ1n) is 7.87. The number of benzene rings is 1. The Hall–Kier alpha value is -1.40. The van der Waals surface area contributed by atoms with Crippen molar-refractivity contribution in [3.8, 4) is 6.07 Å². The third kappa shape index (κ3) is 3.63. The molecule has 1 aliphatic carbocycles. The Bertz CT molecular complexity index is 510. The zero-order chi connectivity index (χ0) is 15.3. The number of nitriles is 1. The van der Waals surface area contributed by atoms with Gasteiger partial charge in [0.25, 0.3) is 0 Å². The third-order valence-corrected chi connectivity index (χ3v) is 4.89. The van der Waals surface area contributed by atoms with Crippen molar-refractivity contribution >= 4 is 0 Å². The molecule has 0 amide bonds. The second kappa shape index (κ2) is 6.58. The van der Waals surface area contributed by atoms with Crippen LogP contribution in [0.25, 0.3) is 0 Å². The van der Waals surface area contributed by atoms with Crippen molar-refractivity contribution in [3.63, 3.8) is 0 Å². The van der Waals surface area contributed by atoms with Gasteiger partial charge in [0.1, 0.15) is 5.82 Å². The Morgan fingerprint density at radius 3 is 2.43 bits per heavy atom. The van der Waals surface area contributed by atoms with E-state index in [2.05, 4.69) is 6.07 Å². The van der Waals surface area contributed by atoms with Crippen molar-refractivity contribution in [3.05, 3.63) is 35.6 Å². The monoisotopic (exact) mass is 289 g/mol. The van der Waals surface area contributed by atoms with Gasteiger partial charge in [-0.1, -0.05) is 44.2 Å². The van der Waals surface area contributed by atoms with Crippen LogP contribution < -0.4 is 0 Å². The van der Waals surface area contributed by atoms with Gasteiger partial charge in [-0.25, -0.2) is 4.39 Å². The molecule has 0 aromatic heterocycles. The van der Waals surface area contributed by atoms with Gasteiger partial charge in [-0.2, -0.15) is 5.26 Å². The topological polar surface area (TPSA) is 44.0 Å². The Balaban J connectivity index is 2.23. The van der Waals surface area contributed by atoms with E-state index in [0.717, 1.165) is 44.1 Å². The van der Waals surface area contributed by atoms with Crippen molar-refractivity contribution in [1.29, 1.82) is 5.26 Å². The van der Waals surface area contributed by atoms with Crippen LogP contribution in [-0.4, -0.2) is 10.7 Å². The predicted molar refractivity (Wildman–Crippen MR) is 81.1 cm³/mol. The zero-order valence-corrected chi connectivity index (χ0v) is 12.7. The Morgan fingerprint density at radius 2 is 1.86 bits per heavy atom. The van der Waals surface area contributed by atoms with E-state index >= 15 is 0 Å². The fourth-order valence-electron chi connectivity index (χ4n) is 3.49. The number of hydrogen-bond acceptors (Lipinski definition) is 2. The van der Waals surface area contributed by atoms with Crippen molar-refractivity contribution in [1.82, 2.24) is 0 Å². The highest BCUT2D eigenvalue weighted by molar-refractivity contribution is 5.22. The highest BCUT2D eigenvalue weighted by Gasteiger charge is 2.46. The molecule has 1 fully saturated rings. The summed E-state index contributed by atoms with van der Waals surface area (Å²) in [5.41, 5.74) is -1.11. The van der Waals surface area contributed by atoms with Gasteiger partial charge in [-0.05, 0) is 37.5 Å². The first kappa shape index (κ1) is 16.0. The molecule has 1 saturated carbocycles. The molecule has 3 heteroatoms. The molecular weight excluding hydrogens is 265 g/mol. The molecule has 1 aliphatic rings. The smallest absolute Gasteiger partial charge is 0.123 e. The standard InChI is InChI=1S/C18H24FNO/c1-17(21,13-15-8-7-9-16(19)12-15)18(14-20)10-5-3-2-4-6-11-18/h7-9,12,21H,2-6,10-11,13H2,1H3. The van der Waals surface area contributed by atoms with Crippen molar-refractivity contribution in [2.24, 2.45) is 5.41 Å². The van der Waals surface area contributed by atoms with E-state index in [9.17, 15) is 14.8 Å². The fraction of sp³-hybridized carbons (Fsp3) is 0.611. The average molecular weight is 289 g/mol. The Labute approximate surface area is 126 Å². The number of nitrogens with zero attached hydrogens (tertiary/aromatic N) is 1. The van der Waals surface area contributed by atoms with E-state index in [1.165, 1.54) is 18.6 Å². The van der Waals surface area contributed by atoms with E-state index < -0.39 is 11.0 Å². The summed E-state index contributed by atoms with van der Waals surface area (Å²) in [5.74, 6) is -0.299. The Morgan fingerprint density at radius 1 is 1.24 bits per heavy atom. The van der Waals surface area contributed by atoms with Crippen LogP contribution in [0.5, 0.6) is 0 Å². The lowest BCUT2D eigenvalue weighted by atomic mass is 9.64. The lowest BCUT2D eigenvalue weighted by Crippen LogP contribution is -2.47. The molecule has 0 radical (unpaired) electrons. The fourth-order valence-corrected chi connectivity index (χ4v) is 3.49. The molecule has 21 heavy (non-hydrogen) atoms. The van der Waals surface area contributed by atoms with E-state index in [-0.39, 0.29) is 5.82 Å². The van der Waals surface area contributed by atoms with Crippen molar-refractivity contribution < 1.29 is 9.50 Å². The second-order valence-electron chi connectivity index (χ2n) is 6.54. The van der Waals surface area contributed by atoms with Gasteiger partial charge in [-0.3, -0.25) is 0 Å². The molecule has 2 rings (SSSR count). The number of hydrogen-bond donors (Lipinski definition) is 1. The van der Waals surface area contributed by atoms with E-state index in [1.807, 2.05) is 6.07 Å². The van der Waals surface area contributed by atoms with Crippen LogP contribution in [0.15, 0.2) is 24.3 Å². The van der Waals surface area contributed by atoms with E-state index in [1.54, 1.807) is 13.0 Å². The molecular formula is C18H24FNO. The molecule has 1 aromatic carbocycles. The minimum atomic E-state index is -1.13. The highest BCUT2D eigenvalue weighted by atomic mass is 19.1. The van der Waals surface area contributed by atoms with Gasteiger partial charge < -0.3 is 5.11 Å². The quantitative estimate of drug-likeness (QED) is 0.897. The SMILES string of the molecule is CC(O)(Cc1cccc(F)c1)C1(C#N)CCCCCCC1. The number of rotatable bonds is 3. The van der Waals surface area contributed by atoms with Crippen LogP contribution in [0.3, 0.4) is 0 Å². The van der Waals surface area contributed by atoms with Crippen LogP contribution in [0, 0.1) is 22.6 Å². The van der Waals surface area contributed by atoms with Gasteiger partial charge >= 0.3 is 0 Å². The molecule has 0 spiro atoms. The largest absolute Gasteiger partial charge is 0.388 e. The van der Waals surface area contributed by atoms with Crippen LogP contribution in [0.4, 0.5) is 4.39 Å². The van der Waals surface area contributed by atoms with E-state index in [0.29, 0.717) is 6.42 Å². The number of aliphatic hydroxyl groups is 1. The van der Waals surface area contributed by atoms with Gasteiger partial charge in [-0.15, -0.1) is 0 Å². The third-order valence-electron chi connectivity index (χ3n) is 4.89. The maximum Gasteiger partial charge on any atom is 0.123 e. The van der Waals surface area contributed by atoms with Crippen LogP contribution in [-0.2, 0) is 6.42 Å². The summed E-state index contributed by atoms with van der Waals surface area (Å²) in [6.07, 6.45) is 7.20. The minimum Gasteiger partial charge on any atom is -0.388 e. The highest BCUT2D eigenvalue weighted by Crippen LogP contribution is 2.44. The molecule has 1 N–H and O–H groups in total. The van der Waals surface area contributed by atoms with Gasteiger partial charge in [0.2, 0.25) is 0 Å². The maximum atomic E-state index is 13.3. The Kier molecular flexibility index (Phi) is 5.00. The van der Waals surface area contributed by atoms with Crippen molar-refractivity contribution in [2.75, 3.05) is 0 Å². The molecule has 1 unspecified atom stereocenters. The van der Waals surface area contributed by atoms with Gasteiger partial charge in [0.05, 0.1) is 17.1 Å². The van der Waals surface area contributed by atoms with Gasteiger partial charge in [0, 0.05) is 6.42 Å². The summed E-state index contributed by atoms with van der Waals surface area (Å²) >= 11 is 0. The lowest BCUT2D eigenvalue weighted by molar-refractivity contribution is -0.0518. The summed E-state index contributed by atoms with van der Waals surface area (Å²) in [5, 5.41) is 20.7. The summed E-state index contributed by atoms with van der Waals surface area (Å²) < 4.78 is 13.3. The summed E-state index contributed by atoms with van der Waals surface area (Å²) in [7, 11) is 0. The normalized spacial score (nSPS) is 21.6. The average Bonchev–Trinajstić information content (AvgIpc) is 2.38. The first-order chi connectivity index (χ1) is 9.99. The molecule has 0 aliphatic heterocycles. The van der Waals surface area contributed by atoms with E-state index in [4.69, 9.17) is 0 Å². The number of halogens is 1. The molecule has 114 valence electrons. The lowest BCUT2D eigenvalue weighted by Gasteiger charge is -2.41. The summed E-state index contributed by atoms with van der Waals surface area (Å²) in [4.78, 5) is 0. The van der Waals surface area contributed by atoms with Crippen LogP contribution >= 0.6 is 0 Å². The zero-order valence-electron chi connectivity index (χ0n) is 12.7. The molecule has 2 nitrogen and oxygen atoms in total. The second-order valence-corrected chi connectivity index (χ2v) is 6.54. The summed E-state index contributed by atoms with van der Waals surface area (Å²) in [6.45, 7) is 1.74. The van der Waals surface area contributed by atoms with Crippen LogP contribution in [0.2, 0.25) is 0 Å². The van der Waals surface area contributed by atoms with Gasteiger partial charge in [0.15, 0.2) is 0 Å². The molecule has 0 heterocycles. The summed E-state index contributed by atoms with van der Waals surface area (Å²) in [6, 6.07) is 8.72. The minimum absolute atomic E-state index is 0.299. The molecule has 1 atom stereocenters. The van der Waals surface area contributed by atoms with Crippen molar-refractivity contribution in [2.45, 2.75) is 63.9 Å². The van der Waals surface area contributed by atoms with Crippen LogP contribution in [0.1, 0.15) is 57.4 Å².